The van der Waals surface area contributed by atoms with Crippen LogP contribution in [0.4, 0.5) is 0 Å². The van der Waals surface area contributed by atoms with Crippen molar-refractivity contribution in [3.05, 3.63) is 28.2 Å². The number of nitrogens with one attached hydrogen (secondary N) is 1. The van der Waals surface area contributed by atoms with Crippen molar-refractivity contribution in [3.63, 3.8) is 0 Å². The first-order valence-electron chi connectivity index (χ1n) is 8.61. The number of piperidine rings is 1. The Morgan fingerprint density at radius 1 is 1.30 bits per heavy atom. The number of benzene rings is 1. The largest absolute Gasteiger partial charge is 0.494 e. The van der Waals surface area contributed by atoms with E-state index < -0.39 is 0 Å². The van der Waals surface area contributed by atoms with Gasteiger partial charge in [0.05, 0.1) is 6.61 Å². The van der Waals surface area contributed by atoms with E-state index >= 15 is 0 Å². The first kappa shape index (κ1) is 16.8. The van der Waals surface area contributed by atoms with Crippen LogP contribution in [0, 0.1) is 5.92 Å². The van der Waals surface area contributed by atoms with Crippen molar-refractivity contribution in [2.24, 2.45) is 5.92 Å². The molecule has 5 heteroatoms. The third kappa shape index (κ3) is 4.27. The fraction of sp³-hybridized carbons (Fsp3) is 0.611. The number of carbonyl (C=O) groups excluding carboxylic acids is 1. The van der Waals surface area contributed by atoms with Gasteiger partial charge in [-0.3, -0.25) is 4.79 Å². The molecule has 0 spiro atoms. The van der Waals surface area contributed by atoms with Gasteiger partial charge in [-0.25, -0.2) is 0 Å². The topological polar surface area (TPSA) is 41.6 Å². The summed E-state index contributed by atoms with van der Waals surface area (Å²) in [5.74, 6) is 1.40. The van der Waals surface area contributed by atoms with Crippen LogP contribution in [-0.2, 0) is 11.3 Å². The van der Waals surface area contributed by atoms with E-state index in [2.05, 4.69) is 32.2 Å². The molecule has 1 aromatic rings. The molecule has 0 unspecified atom stereocenters. The van der Waals surface area contributed by atoms with Crippen molar-refractivity contribution in [1.82, 2.24) is 10.2 Å². The maximum absolute atomic E-state index is 13.0. The van der Waals surface area contributed by atoms with E-state index in [0.29, 0.717) is 25.1 Å². The quantitative estimate of drug-likeness (QED) is 0.822. The van der Waals surface area contributed by atoms with E-state index in [1.807, 2.05) is 19.1 Å². The van der Waals surface area contributed by atoms with Gasteiger partial charge >= 0.3 is 0 Å². The maximum Gasteiger partial charge on any atom is 0.226 e. The second-order valence-corrected chi connectivity index (χ2v) is 7.32. The molecule has 1 saturated carbocycles. The molecule has 3 rings (SSSR count). The Kier molecular flexibility index (Phi) is 5.59. The number of nitrogens with zero attached hydrogens (tertiary/aromatic N) is 1. The molecule has 2 aliphatic rings. The molecule has 1 saturated heterocycles. The van der Waals surface area contributed by atoms with E-state index in [0.717, 1.165) is 54.6 Å². The Hall–Kier alpha value is -1.07. The van der Waals surface area contributed by atoms with Gasteiger partial charge in [0, 0.05) is 28.5 Å². The van der Waals surface area contributed by atoms with E-state index in [4.69, 9.17) is 4.74 Å². The van der Waals surface area contributed by atoms with E-state index in [-0.39, 0.29) is 5.92 Å². The Balaban J connectivity index is 1.77. The number of carbonyl (C=O) groups is 1. The second-order valence-electron chi connectivity index (χ2n) is 6.41. The molecule has 1 aliphatic carbocycles. The minimum absolute atomic E-state index is 0.180. The molecule has 4 nitrogen and oxygen atoms in total. The maximum atomic E-state index is 13.0. The van der Waals surface area contributed by atoms with Gasteiger partial charge in [-0.05, 0) is 63.9 Å². The highest BCUT2D eigenvalue weighted by Gasteiger charge is 2.36. The molecular weight excluding hydrogens is 356 g/mol. The third-order valence-corrected chi connectivity index (χ3v) is 5.12. The van der Waals surface area contributed by atoms with Crippen LogP contribution in [0.5, 0.6) is 5.75 Å². The Morgan fingerprint density at radius 3 is 2.70 bits per heavy atom. The summed E-state index contributed by atoms with van der Waals surface area (Å²) in [6, 6.07) is 6.48. The summed E-state index contributed by atoms with van der Waals surface area (Å²) in [6.07, 6.45) is 4.18. The Labute approximate surface area is 146 Å². The number of amides is 1. The first-order valence-corrected chi connectivity index (χ1v) is 9.40. The highest BCUT2D eigenvalue weighted by molar-refractivity contribution is 9.10. The predicted octanol–water partition coefficient (Wildman–Crippen LogP) is 3.34. The van der Waals surface area contributed by atoms with Gasteiger partial charge in [-0.15, -0.1) is 0 Å². The van der Waals surface area contributed by atoms with Crippen molar-refractivity contribution in [2.75, 3.05) is 19.7 Å². The summed E-state index contributed by atoms with van der Waals surface area (Å²) < 4.78 is 6.78. The van der Waals surface area contributed by atoms with Crippen LogP contribution in [0.25, 0.3) is 0 Å². The lowest BCUT2D eigenvalue weighted by Crippen LogP contribution is -2.41. The van der Waals surface area contributed by atoms with E-state index in [1.165, 1.54) is 0 Å². The minimum atomic E-state index is 0.180. The highest BCUT2D eigenvalue weighted by Crippen LogP contribution is 2.33. The van der Waals surface area contributed by atoms with Crippen LogP contribution in [0.3, 0.4) is 0 Å². The van der Waals surface area contributed by atoms with Crippen LogP contribution in [0.1, 0.15) is 38.2 Å². The minimum Gasteiger partial charge on any atom is -0.494 e. The van der Waals surface area contributed by atoms with Crippen LogP contribution < -0.4 is 10.1 Å². The third-order valence-electron chi connectivity index (χ3n) is 4.62. The zero-order valence-corrected chi connectivity index (χ0v) is 15.3. The van der Waals surface area contributed by atoms with Crippen molar-refractivity contribution in [2.45, 2.75) is 45.2 Å². The van der Waals surface area contributed by atoms with Gasteiger partial charge in [0.15, 0.2) is 0 Å². The van der Waals surface area contributed by atoms with Gasteiger partial charge in [0.25, 0.3) is 0 Å². The SMILES string of the molecule is CCOc1ccc(Br)cc1CN(C(=O)C1CCNCC1)C1CC1. The Morgan fingerprint density at radius 2 is 2.04 bits per heavy atom. The van der Waals surface area contributed by atoms with Crippen molar-refractivity contribution < 1.29 is 9.53 Å². The van der Waals surface area contributed by atoms with Crippen LogP contribution in [0.15, 0.2) is 22.7 Å². The molecule has 1 aromatic carbocycles. The molecule has 1 heterocycles. The van der Waals surface area contributed by atoms with Crippen LogP contribution in [-0.4, -0.2) is 36.5 Å². The lowest BCUT2D eigenvalue weighted by atomic mass is 9.96. The van der Waals surface area contributed by atoms with E-state index in [1.54, 1.807) is 0 Å². The summed E-state index contributed by atoms with van der Waals surface area (Å²) in [5.41, 5.74) is 1.09. The van der Waals surface area contributed by atoms with Crippen molar-refractivity contribution in [3.8, 4) is 5.75 Å². The molecule has 2 fully saturated rings. The van der Waals surface area contributed by atoms with Crippen LogP contribution >= 0.6 is 15.9 Å². The number of hydrogen-bond acceptors (Lipinski definition) is 3. The summed E-state index contributed by atoms with van der Waals surface area (Å²) in [6.45, 7) is 5.19. The number of ether oxygens (including phenoxy) is 1. The molecule has 1 aliphatic heterocycles. The molecule has 0 aromatic heterocycles. The van der Waals surface area contributed by atoms with Gasteiger partial charge < -0.3 is 15.0 Å². The Bertz CT molecular complexity index is 554. The zero-order chi connectivity index (χ0) is 16.2. The molecule has 0 radical (unpaired) electrons. The monoisotopic (exact) mass is 380 g/mol. The smallest absolute Gasteiger partial charge is 0.226 e. The lowest BCUT2D eigenvalue weighted by Gasteiger charge is -2.30. The number of hydrogen-bond donors (Lipinski definition) is 1. The standard InChI is InChI=1S/C18H25BrN2O2/c1-2-23-17-6-3-15(19)11-14(17)12-21(16-4-5-16)18(22)13-7-9-20-10-8-13/h3,6,11,13,16,20H,2,4-5,7-10,12H2,1H3. The zero-order valence-electron chi connectivity index (χ0n) is 13.7. The lowest BCUT2D eigenvalue weighted by molar-refractivity contribution is -0.137. The summed E-state index contributed by atoms with van der Waals surface area (Å²) in [4.78, 5) is 15.1. The fourth-order valence-electron chi connectivity index (χ4n) is 3.23. The van der Waals surface area contributed by atoms with Gasteiger partial charge in [-0.1, -0.05) is 15.9 Å². The first-order chi connectivity index (χ1) is 11.2. The average molecular weight is 381 g/mol. The summed E-state index contributed by atoms with van der Waals surface area (Å²) in [5, 5.41) is 3.34. The molecular formula is C18H25BrN2O2. The average Bonchev–Trinajstić information content (AvgIpc) is 3.40. The number of halogens is 1. The molecule has 1 amide bonds. The normalized spacial score (nSPS) is 18.7. The molecule has 23 heavy (non-hydrogen) atoms. The molecule has 1 N–H and O–H groups in total. The number of rotatable bonds is 6. The molecule has 0 bridgehead atoms. The van der Waals surface area contributed by atoms with E-state index in [9.17, 15) is 4.79 Å². The van der Waals surface area contributed by atoms with Crippen molar-refractivity contribution in [1.29, 1.82) is 0 Å². The highest BCUT2D eigenvalue weighted by atomic mass is 79.9. The summed E-state index contributed by atoms with van der Waals surface area (Å²) >= 11 is 3.54. The second kappa shape index (κ2) is 7.67. The fourth-order valence-corrected chi connectivity index (χ4v) is 3.64. The van der Waals surface area contributed by atoms with Gasteiger partial charge in [0.1, 0.15) is 5.75 Å². The predicted molar refractivity (Wildman–Crippen MR) is 94.5 cm³/mol. The molecule has 0 atom stereocenters. The van der Waals surface area contributed by atoms with Gasteiger partial charge in [0.2, 0.25) is 5.91 Å². The van der Waals surface area contributed by atoms with Crippen molar-refractivity contribution >= 4 is 21.8 Å². The molecule has 126 valence electrons. The van der Waals surface area contributed by atoms with Gasteiger partial charge in [-0.2, -0.15) is 0 Å². The van der Waals surface area contributed by atoms with Crippen LogP contribution in [0.2, 0.25) is 0 Å². The summed E-state index contributed by atoms with van der Waals surface area (Å²) in [7, 11) is 0.